The van der Waals surface area contributed by atoms with Gasteiger partial charge in [0.15, 0.2) is 6.79 Å². The Labute approximate surface area is 222 Å². The van der Waals surface area contributed by atoms with Crippen LogP contribution in [0.5, 0.6) is 5.75 Å². The Kier molecular flexibility index (Phi) is 6.79. The number of fused-ring (bicyclic) bond motifs is 1. The Morgan fingerprint density at radius 1 is 1.03 bits per heavy atom. The highest BCUT2D eigenvalue weighted by Gasteiger charge is 2.35. The van der Waals surface area contributed by atoms with Crippen LogP contribution in [0.3, 0.4) is 0 Å². The number of methoxy groups -OCH3 is 1. The number of nitrogens with zero attached hydrogens (tertiary/aromatic N) is 5. The molecule has 1 aliphatic rings. The van der Waals surface area contributed by atoms with E-state index in [0.717, 1.165) is 39.3 Å². The Bertz CT molecular complexity index is 1470. The van der Waals surface area contributed by atoms with E-state index in [1.807, 2.05) is 58.2 Å². The van der Waals surface area contributed by atoms with Gasteiger partial charge < -0.3 is 23.5 Å². The zero-order valence-electron chi connectivity index (χ0n) is 22.7. The summed E-state index contributed by atoms with van der Waals surface area (Å²) in [6.07, 6.45) is 3.80. The molecule has 9 nitrogen and oxygen atoms in total. The summed E-state index contributed by atoms with van der Waals surface area (Å²) in [5.74, 6) is 0.798. The van der Waals surface area contributed by atoms with Gasteiger partial charge in [-0.2, -0.15) is 10.2 Å². The fraction of sp³-hybridized carbons (Fsp3) is 0.379. The number of hydrogen-bond donors (Lipinski definition) is 0. The van der Waals surface area contributed by atoms with Gasteiger partial charge in [0.2, 0.25) is 0 Å². The maximum Gasteiger partial charge on any atom is 0.410 e. The third-order valence-electron chi connectivity index (χ3n) is 6.42. The lowest BCUT2D eigenvalue weighted by Crippen LogP contribution is -2.50. The van der Waals surface area contributed by atoms with Gasteiger partial charge in [-0.15, -0.1) is 0 Å². The zero-order chi connectivity index (χ0) is 27.0. The van der Waals surface area contributed by atoms with Crippen molar-refractivity contribution in [1.29, 1.82) is 0 Å². The summed E-state index contributed by atoms with van der Waals surface area (Å²) < 4.78 is 18.6. The van der Waals surface area contributed by atoms with E-state index in [0.29, 0.717) is 24.5 Å². The first kappa shape index (κ1) is 25.7. The normalized spacial score (nSPS) is 14.0. The second kappa shape index (κ2) is 10.1. The van der Waals surface area contributed by atoms with Crippen LogP contribution in [0.25, 0.3) is 28.0 Å². The molecule has 0 aliphatic carbocycles. The second-order valence-electron chi connectivity index (χ2n) is 10.7. The Morgan fingerprint density at radius 2 is 1.82 bits per heavy atom. The largest absolute Gasteiger partial charge is 0.467 e. The van der Waals surface area contributed by atoms with Gasteiger partial charge in [0.25, 0.3) is 0 Å². The minimum Gasteiger partial charge on any atom is -0.467 e. The second-order valence-corrected chi connectivity index (χ2v) is 10.7. The molecule has 4 heterocycles. The monoisotopic (exact) mass is 515 g/mol. The maximum absolute atomic E-state index is 12.2. The molecule has 38 heavy (non-hydrogen) atoms. The molecule has 4 aromatic rings. The molecule has 0 N–H and O–H groups in total. The van der Waals surface area contributed by atoms with Crippen molar-refractivity contribution in [1.82, 2.24) is 24.5 Å². The van der Waals surface area contributed by atoms with Crippen LogP contribution in [0.4, 0.5) is 4.79 Å². The molecule has 0 bridgehead atoms. The lowest BCUT2D eigenvalue weighted by atomic mass is 9.96. The average Bonchev–Trinajstić information content (AvgIpc) is 3.22. The van der Waals surface area contributed by atoms with Crippen LogP contribution in [0.15, 0.2) is 48.8 Å². The number of pyridine rings is 1. The maximum atomic E-state index is 12.2. The number of imidazole rings is 1. The van der Waals surface area contributed by atoms with E-state index in [2.05, 4.69) is 44.8 Å². The molecular formula is C29H33N5O4. The summed E-state index contributed by atoms with van der Waals surface area (Å²) in [4.78, 5) is 18.5. The van der Waals surface area contributed by atoms with Crippen molar-refractivity contribution in [3.63, 3.8) is 0 Å². The lowest BCUT2D eigenvalue weighted by molar-refractivity contribution is 0.00780. The van der Waals surface area contributed by atoms with Gasteiger partial charge in [0, 0.05) is 44.1 Å². The summed E-state index contributed by atoms with van der Waals surface area (Å²) >= 11 is 0. The van der Waals surface area contributed by atoms with Gasteiger partial charge >= 0.3 is 6.09 Å². The van der Waals surface area contributed by atoms with Crippen LogP contribution < -0.4 is 4.74 Å². The first-order chi connectivity index (χ1) is 18.1. The SMILES string of the molecule is COCOc1cc(-c2cc(C)c3nc(C)cn3c2)ccc1-c1ccc(C2CN(C(=O)OC(C)(C)C)C2)nn1. The van der Waals surface area contributed by atoms with Gasteiger partial charge in [-0.1, -0.05) is 6.07 Å². The Morgan fingerprint density at radius 3 is 2.50 bits per heavy atom. The highest BCUT2D eigenvalue weighted by Crippen LogP contribution is 2.35. The van der Waals surface area contributed by atoms with Crippen molar-refractivity contribution >= 4 is 11.7 Å². The first-order valence-electron chi connectivity index (χ1n) is 12.7. The predicted molar refractivity (Wildman–Crippen MR) is 144 cm³/mol. The van der Waals surface area contributed by atoms with Crippen LogP contribution in [0, 0.1) is 13.8 Å². The van der Waals surface area contributed by atoms with E-state index >= 15 is 0 Å². The smallest absolute Gasteiger partial charge is 0.410 e. The number of amides is 1. The third kappa shape index (κ3) is 5.33. The average molecular weight is 516 g/mol. The van der Waals surface area contributed by atoms with E-state index in [4.69, 9.17) is 14.2 Å². The molecular weight excluding hydrogens is 482 g/mol. The van der Waals surface area contributed by atoms with Crippen molar-refractivity contribution in [3.8, 4) is 28.1 Å². The standard InChI is InChI=1S/C29H33N5O4/c1-18-11-21(14-33-13-19(2)30-27(18)33)20-7-8-23(26(12-20)37-17-36-6)25-10-9-24(31-32-25)22-15-34(16-22)28(35)38-29(3,4)5/h7-14,22H,15-17H2,1-6H3. The van der Waals surface area contributed by atoms with Crippen molar-refractivity contribution in [3.05, 3.63) is 65.7 Å². The third-order valence-corrected chi connectivity index (χ3v) is 6.42. The molecule has 1 aliphatic heterocycles. The fourth-order valence-electron chi connectivity index (χ4n) is 4.55. The van der Waals surface area contributed by atoms with E-state index in [1.54, 1.807) is 12.0 Å². The van der Waals surface area contributed by atoms with E-state index in [1.165, 1.54) is 0 Å². The summed E-state index contributed by atoms with van der Waals surface area (Å²) in [5.41, 5.74) is 6.97. The van der Waals surface area contributed by atoms with Crippen molar-refractivity contribution in [2.24, 2.45) is 0 Å². The van der Waals surface area contributed by atoms with Gasteiger partial charge in [0.1, 0.15) is 17.0 Å². The number of ether oxygens (including phenoxy) is 3. The van der Waals surface area contributed by atoms with Crippen molar-refractivity contribution < 1.29 is 19.0 Å². The predicted octanol–water partition coefficient (Wildman–Crippen LogP) is 5.39. The van der Waals surface area contributed by atoms with Crippen LogP contribution >= 0.6 is 0 Å². The molecule has 1 saturated heterocycles. The van der Waals surface area contributed by atoms with E-state index in [9.17, 15) is 4.79 Å². The topological polar surface area (TPSA) is 91.1 Å². The highest BCUT2D eigenvalue weighted by atomic mass is 16.7. The minimum atomic E-state index is -0.508. The molecule has 9 heteroatoms. The molecule has 0 saturated carbocycles. The highest BCUT2D eigenvalue weighted by molar-refractivity contribution is 5.75. The Hall–Kier alpha value is -3.98. The van der Waals surface area contributed by atoms with Gasteiger partial charge in [-0.3, -0.25) is 0 Å². The number of benzene rings is 1. The summed E-state index contributed by atoms with van der Waals surface area (Å²) in [6.45, 7) is 10.9. The molecule has 0 atom stereocenters. The molecule has 1 aromatic carbocycles. The Balaban J connectivity index is 1.36. The van der Waals surface area contributed by atoms with Crippen LogP contribution in [-0.2, 0) is 9.47 Å². The molecule has 1 fully saturated rings. The molecule has 0 spiro atoms. The van der Waals surface area contributed by atoms with Gasteiger partial charge in [-0.05, 0) is 81.6 Å². The molecule has 0 radical (unpaired) electrons. The number of carbonyl (C=O) groups excluding carboxylic acids is 1. The molecule has 5 rings (SSSR count). The molecule has 1 amide bonds. The number of aromatic nitrogens is 4. The number of hydrogen-bond acceptors (Lipinski definition) is 7. The zero-order valence-corrected chi connectivity index (χ0v) is 22.7. The summed E-state index contributed by atoms with van der Waals surface area (Å²) in [7, 11) is 1.59. The van der Waals surface area contributed by atoms with E-state index in [-0.39, 0.29) is 18.8 Å². The summed E-state index contributed by atoms with van der Waals surface area (Å²) in [5, 5.41) is 8.96. The van der Waals surface area contributed by atoms with Crippen LogP contribution in [-0.4, -0.2) is 63.2 Å². The van der Waals surface area contributed by atoms with E-state index < -0.39 is 5.60 Å². The number of carbonyl (C=O) groups is 1. The van der Waals surface area contributed by atoms with Crippen LogP contribution in [0.2, 0.25) is 0 Å². The first-order valence-corrected chi connectivity index (χ1v) is 12.7. The van der Waals surface area contributed by atoms with Gasteiger partial charge in [0.05, 0.1) is 17.1 Å². The fourth-order valence-corrected chi connectivity index (χ4v) is 4.55. The molecule has 3 aromatic heterocycles. The number of aryl methyl sites for hydroxylation is 2. The molecule has 198 valence electrons. The minimum absolute atomic E-state index is 0.114. The number of rotatable bonds is 6. The van der Waals surface area contributed by atoms with Crippen molar-refractivity contribution in [2.45, 2.75) is 46.1 Å². The van der Waals surface area contributed by atoms with Crippen molar-refractivity contribution in [2.75, 3.05) is 27.0 Å². The lowest BCUT2D eigenvalue weighted by Gasteiger charge is -2.39. The summed E-state index contributed by atoms with van der Waals surface area (Å²) in [6, 6.07) is 12.1. The van der Waals surface area contributed by atoms with Gasteiger partial charge in [-0.25, -0.2) is 9.78 Å². The van der Waals surface area contributed by atoms with Crippen LogP contribution in [0.1, 0.15) is 43.6 Å². The molecule has 0 unspecified atom stereocenters. The number of likely N-dealkylation sites (tertiary alicyclic amines) is 1. The quantitative estimate of drug-likeness (QED) is 0.318.